The van der Waals surface area contributed by atoms with Crippen molar-refractivity contribution in [2.24, 2.45) is 0 Å². The molecule has 1 aliphatic carbocycles. The Morgan fingerprint density at radius 1 is 0.510 bits per heavy atom. The molecule has 0 nitrogen and oxygen atoms in total. The Hall–Kier alpha value is -3.17. The molecule has 1 fully saturated rings. The van der Waals surface area contributed by atoms with Gasteiger partial charge < -0.3 is 24.8 Å². The number of hydrogen-bond acceptors (Lipinski definition) is 2. The third-order valence-corrected chi connectivity index (χ3v) is 12.7. The quantitative estimate of drug-likeness (QED) is 0.158. The van der Waals surface area contributed by atoms with Crippen molar-refractivity contribution in [3.05, 3.63) is 154 Å². The summed E-state index contributed by atoms with van der Waals surface area (Å²) in [6.07, 6.45) is 4.36. The van der Waals surface area contributed by atoms with Crippen molar-refractivity contribution < 1.29 is 49.0 Å². The Balaban J connectivity index is 0.000000168. The SMILES string of the molecule is Cc1ccc(-c2cc3c(-c4ccccc4)c(C)ccc3[cH-]2)s1.Cc1ccc(-c2cc3c(-c4ccccc4)c(C)ccc3[cH-]2)s1.[Cl-].[Cl-].[Zr+2]=[C]1CCC1. The van der Waals surface area contributed by atoms with Crippen LogP contribution in [0.4, 0.5) is 0 Å². The molecule has 0 amide bonds. The van der Waals surface area contributed by atoms with Crippen LogP contribution < -0.4 is 24.8 Å². The van der Waals surface area contributed by atoms with Gasteiger partial charge in [-0.25, -0.2) is 0 Å². The van der Waals surface area contributed by atoms with Crippen LogP contribution in [0, 0.1) is 27.7 Å². The number of aryl methyl sites for hydroxylation is 4. The van der Waals surface area contributed by atoms with Gasteiger partial charge in [0.25, 0.3) is 0 Å². The molecule has 6 aromatic carbocycles. The standard InChI is InChI=1S/2C21H17S.C4H6.2ClH.Zr/c2*1-14-8-10-17-12-18(20-11-9-15(2)22-20)13-19(17)21(14)16-6-4-3-5-7-16;1-2-4-3-1;;;/h2*3-13H,1-2H3;1-3H2;2*1H;/q2*-1;;;;+2/p-2. The summed E-state index contributed by atoms with van der Waals surface area (Å²) in [7, 11) is 0. The van der Waals surface area contributed by atoms with Gasteiger partial charge in [-0.1, -0.05) is 108 Å². The molecule has 2 aromatic heterocycles. The molecule has 51 heavy (non-hydrogen) atoms. The molecule has 256 valence electrons. The van der Waals surface area contributed by atoms with E-state index in [1.807, 2.05) is 22.7 Å². The Morgan fingerprint density at radius 2 is 0.902 bits per heavy atom. The molecule has 0 unspecified atom stereocenters. The first-order chi connectivity index (χ1) is 23.8. The number of hydrogen-bond donors (Lipinski definition) is 0. The van der Waals surface area contributed by atoms with Crippen LogP contribution in [0.2, 0.25) is 0 Å². The fourth-order valence-corrected chi connectivity index (χ4v) is 9.15. The molecule has 5 heteroatoms. The van der Waals surface area contributed by atoms with Gasteiger partial charge in [0.05, 0.1) is 0 Å². The summed E-state index contributed by atoms with van der Waals surface area (Å²) in [6.45, 7) is 8.72. The summed E-state index contributed by atoms with van der Waals surface area (Å²) in [5.74, 6) is 0. The normalized spacial score (nSPS) is 11.8. The molecule has 9 rings (SSSR count). The molecular weight excluding hydrogens is 779 g/mol. The predicted molar refractivity (Wildman–Crippen MR) is 214 cm³/mol. The molecule has 0 atom stereocenters. The van der Waals surface area contributed by atoms with Crippen LogP contribution in [0.25, 0.3) is 64.7 Å². The number of benzene rings is 4. The first-order valence-corrected chi connectivity index (χ1v) is 19.9. The third kappa shape index (κ3) is 8.90. The zero-order valence-electron chi connectivity index (χ0n) is 29.4. The monoisotopic (exact) mass is 816 g/mol. The van der Waals surface area contributed by atoms with E-state index < -0.39 is 0 Å². The molecule has 8 aromatic rings. The molecule has 0 spiro atoms. The number of halogens is 2. The fraction of sp³-hybridized carbons (Fsp3) is 0.152. The van der Waals surface area contributed by atoms with Crippen LogP contribution in [0.1, 0.15) is 40.1 Å². The van der Waals surface area contributed by atoms with E-state index in [1.54, 1.807) is 27.4 Å². The van der Waals surface area contributed by atoms with E-state index in [2.05, 4.69) is 161 Å². The second kappa shape index (κ2) is 17.6. The first kappa shape index (κ1) is 39.0. The molecule has 1 saturated carbocycles. The van der Waals surface area contributed by atoms with Crippen molar-refractivity contribution in [2.75, 3.05) is 0 Å². The molecule has 1 aliphatic rings. The molecule has 0 N–H and O–H groups in total. The average Bonchev–Trinajstić information content (AvgIpc) is 3.91. The minimum absolute atomic E-state index is 0. The zero-order valence-corrected chi connectivity index (χ0v) is 35.0. The van der Waals surface area contributed by atoms with Gasteiger partial charge in [-0.2, -0.15) is 22.7 Å². The van der Waals surface area contributed by atoms with Crippen molar-refractivity contribution in [1.29, 1.82) is 0 Å². The number of rotatable bonds is 4. The van der Waals surface area contributed by atoms with Gasteiger partial charge in [0.1, 0.15) is 0 Å². The first-order valence-electron chi connectivity index (χ1n) is 17.0. The molecule has 2 heterocycles. The van der Waals surface area contributed by atoms with Gasteiger partial charge in [0.2, 0.25) is 0 Å². The van der Waals surface area contributed by atoms with Gasteiger partial charge in [0.15, 0.2) is 0 Å². The Bertz CT molecular complexity index is 2200. The van der Waals surface area contributed by atoms with Crippen LogP contribution in [0.5, 0.6) is 0 Å². The van der Waals surface area contributed by atoms with Crippen LogP contribution in [-0.2, 0) is 24.2 Å². The van der Waals surface area contributed by atoms with Crippen LogP contribution in [0.15, 0.2) is 133 Å². The van der Waals surface area contributed by atoms with Gasteiger partial charge in [-0.15, -0.1) is 69.1 Å². The van der Waals surface area contributed by atoms with Gasteiger partial charge in [-0.05, 0) is 69.5 Å². The Kier molecular flexibility index (Phi) is 13.5. The topological polar surface area (TPSA) is 0 Å². The summed E-state index contributed by atoms with van der Waals surface area (Å²) in [5.41, 5.74) is 10.6. The summed E-state index contributed by atoms with van der Waals surface area (Å²) in [6, 6.07) is 48.5. The maximum atomic E-state index is 2.34. The van der Waals surface area contributed by atoms with Crippen molar-refractivity contribution in [2.45, 2.75) is 47.0 Å². The van der Waals surface area contributed by atoms with Crippen LogP contribution in [0.3, 0.4) is 0 Å². The van der Waals surface area contributed by atoms with E-state index in [4.69, 9.17) is 0 Å². The Labute approximate surface area is 338 Å². The van der Waals surface area contributed by atoms with Gasteiger partial charge in [-0.3, -0.25) is 0 Å². The average molecular weight is 819 g/mol. The van der Waals surface area contributed by atoms with E-state index >= 15 is 0 Å². The van der Waals surface area contributed by atoms with Crippen LogP contribution >= 0.6 is 22.7 Å². The maximum absolute atomic E-state index is 2.34. The van der Waals surface area contributed by atoms with E-state index in [1.165, 1.54) is 105 Å². The van der Waals surface area contributed by atoms with Crippen molar-refractivity contribution in [3.63, 3.8) is 0 Å². The minimum atomic E-state index is 0. The van der Waals surface area contributed by atoms with Gasteiger partial charge >= 0.3 is 46.7 Å². The van der Waals surface area contributed by atoms with E-state index in [0.29, 0.717) is 0 Å². The fourth-order valence-electron chi connectivity index (χ4n) is 6.57. The Morgan fingerprint density at radius 3 is 1.22 bits per heavy atom. The summed E-state index contributed by atoms with van der Waals surface area (Å²) in [4.78, 5) is 5.43. The summed E-state index contributed by atoms with van der Waals surface area (Å²) < 4.78 is 1.78. The van der Waals surface area contributed by atoms with E-state index in [-0.39, 0.29) is 24.8 Å². The second-order valence-electron chi connectivity index (χ2n) is 13.0. The van der Waals surface area contributed by atoms with Crippen LogP contribution in [-0.4, -0.2) is 3.21 Å². The third-order valence-electron chi connectivity index (χ3n) is 9.33. The zero-order chi connectivity index (χ0) is 33.9. The molecule has 0 saturated heterocycles. The number of thiophene rings is 2. The number of fused-ring (bicyclic) bond motifs is 2. The summed E-state index contributed by atoms with van der Waals surface area (Å²) >= 11 is 5.40. The molecule has 0 aliphatic heterocycles. The van der Waals surface area contributed by atoms with E-state index in [9.17, 15) is 0 Å². The predicted octanol–water partition coefficient (Wildman–Crippen LogP) is 8.04. The molecule has 0 bridgehead atoms. The second-order valence-corrected chi connectivity index (χ2v) is 17.3. The van der Waals surface area contributed by atoms with Crippen molar-refractivity contribution >= 4 is 47.4 Å². The summed E-state index contributed by atoms with van der Waals surface area (Å²) in [5, 5.41) is 5.36. The van der Waals surface area contributed by atoms with Crippen molar-refractivity contribution in [1.82, 2.24) is 0 Å². The van der Waals surface area contributed by atoms with Gasteiger partial charge in [0, 0.05) is 0 Å². The van der Waals surface area contributed by atoms with E-state index in [0.717, 1.165) is 0 Å². The molecule has 0 radical (unpaired) electrons. The molecular formula is C46H40Cl2S2Zr-2. The van der Waals surface area contributed by atoms with Crippen molar-refractivity contribution in [3.8, 4) is 43.1 Å².